The molecule has 0 saturated heterocycles. The van der Waals surface area contributed by atoms with E-state index < -0.39 is 6.10 Å². The standard InChI is InChI=1S/C33H26ClN5O3S/c34-24-13-11-23(12-14-24)32-38-28(30(42-32)22-4-2-1-3-5-22)19-43-33-27(17-36)29(26(16-35)31(37)39-33)21-9-6-20(7-10-21)8-15-25(41)18-40/h1-7,9-14,25,40-41H,8,15,18-19H2,(H2,37,39)/t25-/m1/s1. The van der Waals surface area contributed by atoms with Gasteiger partial charge in [0.05, 0.1) is 24.0 Å². The predicted molar refractivity (Wildman–Crippen MR) is 167 cm³/mol. The first-order valence-electron chi connectivity index (χ1n) is 13.4. The lowest BCUT2D eigenvalue weighted by atomic mass is 9.95. The maximum atomic E-state index is 10.3. The second-order valence-corrected chi connectivity index (χ2v) is 11.1. The van der Waals surface area contributed by atoms with Crippen LogP contribution in [0.5, 0.6) is 0 Å². The van der Waals surface area contributed by atoms with Gasteiger partial charge in [-0.15, -0.1) is 0 Å². The molecule has 4 N–H and O–H groups in total. The number of hydrogen-bond donors (Lipinski definition) is 3. The van der Waals surface area contributed by atoms with Crippen LogP contribution in [0.2, 0.25) is 5.02 Å². The molecule has 5 rings (SSSR count). The molecule has 0 unspecified atom stereocenters. The lowest BCUT2D eigenvalue weighted by Crippen LogP contribution is -2.12. The van der Waals surface area contributed by atoms with Crippen molar-refractivity contribution in [1.82, 2.24) is 9.97 Å². The molecule has 0 fully saturated rings. The van der Waals surface area contributed by atoms with Crippen LogP contribution in [0.4, 0.5) is 5.82 Å². The molecule has 0 aliphatic heterocycles. The van der Waals surface area contributed by atoms with E-state index in [0.717, 1.165) is 16.7 Å². The highest BCUT2D eigenvalue weighted by atomic mass is 35.5. The summed E-state index contributed by atoms with van der Waals surface area (Å²) in [6.45, 7) is -0.296. The zero-order valence-electron chi connectivity index (χ0n) is 22.9. The predicted octanol–water partition coefficient (Wildman–Crippen LogP) is 6.63. The minimum Gasteiger partial charge on any atom is -0.436 e. The molecule has 0 spiro atoms. The van der Waals surface area contributed by atoms with Crippen LogP contribution in [-0.2, 0) is 12.2 Å². The molecule has 0 aliphatic carbocycles. The number of aliphatic hydroxyl groups excluding tert-OH is 2. The molecule has 0 bridgehead atoms. The first-order valence-corrected chi connectivity index (χ1v) is 14.7. The Morgan fingerprint density at radius 3 is 2.21 bits per heavy atom. The fourth-order valence-corrected chi connectivity index (χ4v) is 5.62. The lowest BCUT2D eigenvalue weighted by Gasteiger charge is -2.13. The molecule has 43 heavy (non-hydrogen) atoms. The van der Waals surface area contributed by atoms with Crippen molar-refractivity contribution in [3.8, 4) is 46.0 Å². The summed E-state index contributed by atoms with van der Waals surface area (Å²) in [5.41, 5.74) is 10.9. The molecule has 10 heteroatoms. The number of nitriles is 2. The summed E-state index contributed by atoms with van der Waals surface area (Å²) in [4.78, 5) is 9.22. The molecule has 1 atom stereocenters. The van der Waals surface area contributed by atoms with E-state index in [1.807, 2.05) is 66.7 Å². The van der Waals surface area contributed by atoms with E-state index in [1.54, 1.807) is 12.1 Å². The second-order valence-electron chi connectivity index (χ2n) is 9.68. The number of thioether (sulfide) groups is 1. The Bertz CT molecular complexity index is 1810. The summed E-state index contributed by atoms with van der Waals surface area (Å²) in [5.74, 6) is 1.38. The third kappa shape index (κ3) is 6.72. The van der Waals surface area contributed by atoms with Gasteiger partial charge >= 0.3 is 0 Å². The molecule has 2 heterocycles. The number of pyridine rings is 1. The zero-order chi connectivity index (χ0) is 30.3. The molecule has 0 radical (unpaired) electrons. The summed E-state index contributed by atoms with van der Waals surface area (Å²) in [6.07, 6.45) is 0.194. The second kappa shape index (κ2) is 13.6. The Labute approximate surface area is 258 Å². The number of aryl methyl sites for hydroxylation is 1. The number of nitrogens with two attached hydrogens (primary N) is 1. The van der Waals surface area contributed by atoms with E-state index >= 15 is 0 Å². The Kier molecular flexibility index (Phi) is 9.41. The van der Waals surface area contributed by atoms with Gasteiger partial charge in [0.1, 0.15) is 28.5 Å². The normalized spacial score (nSPS) is 11.6. The molecular formula is C33H26ClN5O3S. The van der Waals surface area contributed by atoms with Crippen LogP contribution in [0.3, 0.4) is 0 Å². The zero-order valence-corrected chi connectivity index (χ0v) is 24.4. The molecule has 0 aliphatic rings. The molecule has 0 amide bonds. The number of nitrogen functional groups attached to an aromatic ring is 1. The van der Waals surface area contributed by atoms with E-state index in [9.17, 15) is 15.6 Å². The van der Waals surface area contributed by atoms with Gasteiger partial charge in [0.2, 0.25) is 5.89 Å². The number of nitrogens with zero attached hydrogens (tertiary/aromatic N) is 4. The van der Waals surface area contributed by atoms with Gasteiger partial charge in [-0.3, -0.25) is 0 Å². The summed E-state index contributed by atoms with van der Waals surface area (Å²) >= 11 is 7.36. The van der Waals surface area contributed by atoms with Crippen molar-refractivity contribution in [2.75, 3.05) is 12.3 Å². The monoisotopic (exact) mass is 607 g/mol. The van der Waals surface area contributed by atoms with Gasteiger partial charge < -0.3 is 20.4 Å². The summed E-state index contributed by atoms with van der Waals surface area (Å²) in [5, 5.41) is 39.9. The van der Waals surface area contributed by atoms with Gasteiger partial charge in [0.25, 0.3) is 0 Å². The topological polar surface area (TPSA) is 153 Å². The van der Waals surface area contributed by atoms with Crippen molar-refractivity contribution in [2.45, 2.75) is 29.7 Å². The summed E-state index contributed by atoms with van der Waals surface area (Å²) in [7, 11) is 0. The lowest BCUT2D eigenvalue weighted by molar-refractivity contribution is 0.0886. The highest BCUT2D eigenvalue weighted by molar-refractivity contribution is 7.98. The molecule has 0 saturated carbocycles. The molecule has 214 valence electrons. The molecular weight excluding hydrogens is 582 g/mol. The fourth-order valence-electron chi connectivity index (χ4n) is 4.57. The number of anilines is 1. The van der Waals surface area contributed by atoms with Crippen molar-refractivity contribution in [3.63, 3.8) is 0 Å². The Morgan fingerprint density at radius 1 is 0.884 bits per heavy atom. The van der Waals surface area contributed by atoms with E-state index in [-0.39, 0.29) is 23.6 Å². The van der Waals surface area contributed by atoms with E-state index in [0.29, 0.717) is 57.1 Å². The third-order valence-corrected chi connectivity index (χ3v) is 8.04. The summed E-state index contributed by atoms with van der Waals surface area (Å²) < 4.78 is 6.23. The summed E-state index contributed by atoms with van der Waals surface area (Å²) in [6, 6.07) is 28.5. The quantitative estimate of drug-likeness (QED) is 0.148. The highest BCUT2D eigenvalue weighted by Crippen LogP contribution is 2.39. The number of oxazole rings is 1. The first-order chi connectivity index (χ1) is 20.9. The molecule has 8 nitrogen and oxygen atoms in total. The minimum absolute atomic E-state index is 0.0273. The molecule has 3 aromatic carbocycles. The van der Waals surface area contributed by atoms with Crippen molar-refractivity contribution in [1.29, 1.82) is 10.5 Å². The largest absolute Gasteiger partial charge is 0.436 e. The number of halogens is 1. The number of aromatic nitrogens is 2. The van der Waals surface area contributed by atoms with Gasteiger partial charge in [-0.1, -0.05) is 78.0 Å². The number of aliphatic hydroxyl groups is 2. The van der Waals surface area contributed by atoms with Crippen LogP contribution < -0.4 is 5.73 Å². The number of benzene rings is 3. The number of hydrogen-bond acceptors (Lipinski definition) is 9. The van der Waals surface area contributed by atoms with Crippen LogP contribution in [-0.4, -0.2) is 32.9 Å². The van der Waals surface area contributed by atoms with Crippen LogP contribution in [0.15, 0.2) is 88.3 Å². The average Bonchev–Trinajstić information content (AvgIpc) is 3.47. The van der Waals surface area contributed by atoms with Crippen molar-refractivity contribution in [3.05, 3.63) is 106 Å². The average molecular weight is 608 g/mol. The highest BCUT2D eigenvalue weighted by Gasteiger charge is 2.23. The van der Waals surface area contributed by atoms with Crippen LogP contribution in [0, 0.1) is 22.7 Å². The van der Waals surface area contributed by atoms with Gasteiger partial charge in [-0.05, 0) is 48.2 Å². The number of rotatable bonds is 10. The van der Waals surface area contributed by atoms with Crippen LogP contribution in [0.1, 0.15) is 28.8 Å². The fraction of sp³-hybridized carbons (Fsp3) is 0.152. The molecule has 5 aromatic rings. The van der Waals surface area contributed by atoms with Crippen molar-refractivity contribution in [2.24, 2.45) is 0 Å². The van der Waals surface area contributed by atoms with E-state index in [4.69, 9.17) is 31.8 Å². The van der Waals surface area contributed by atoms with Gasteiger partial charge in [0, 0.05) is 27.5 Å². The van der Waals surface area contributed by atoms with Gasteiger partial charge in [-0.2, -0.15) is 10.5 Å². The van der Waals surface area contributed by atoms with Crippen molar-refractivity contribution >= 4 is 29.2 Å². The third-order valence-electron chi connectivity index (χ3n) is 6.81. The van der Waals surface area contributed by atoms with Crippen molar-refractivity contribution < 1.29 is 14.6 Å². The molecule has 2 aromatic heterocycles. The maximum Gasteiger partial charge on any atom is 0.227 e. The smallest absolute Gasteiger partial charge is 0.227 e. The van der Waals surface area contributed by atoms with Gasteiger partial charge in [-0.25, -0.2) is 9.97 Å². The van der Waals surface area contributed by atoms with Crippen LogP contribution >= 0.6 is 23.4 Å². The Morgan fingerprint density at radius 2 is 1.56 bits per heavy atom. The maximum absolute atomic E-state index is 10.3. The van der Waals surface area contributed by atoms with Crippen LogP contribution in [0.25, 0.3) is 33.9 Å². The van der Waals surface area contributed by atoms with E-state index in [2.05, 4.69) is 17.1 Å². The SMILES string of the molecule is N#Cc1c(N)nc(SCc2nc(-c3ccc(Cl)cc3)oc2-c2ccccc2)c(C#N)c1-c1ccc(CC[C@@H](O)CO)cc1. The minimum atomic E-state index is -0.788. The Hall–Kier alpha value is -4.64. The van der Waals surface area contributed by atoms with Gasteiger partial charge in [0.15, 0.2) is 5.76 Å². The van der Waals surface area contributed by atoms with E-state index in [1.165, 1.54) is 11.8 Å². The first kappa shape index (κ1) is 29.8. The Balaban J connectivity index is 1.50.